The lowest BCUT2D eigenvalue weighted by atomic mass is 10.0. The minimum absolute atomic E-state index is 0.00408. The van der Waals surface area contributed by atoms with Crippen LogP contribution in [0.2, 0.25) is 0 Å². The SMILES string of the molecule is CCCCCCS(=O)(=O)NC(=O)c1ccc(CSCc2ccc(-c3ccccc3)cc2)s1. The van der Waals surface area contributed by atoms with Crippen LogP contribution in [-0.4, -0.2) is 20.1 Å². The van der Waals surface area contributed by atoms with Gasteiger partial charge in [-0.05, 0) is 35.2 Å². The zero-order valence-corrected chi connectivity index (χ0v) is 20.7. The van der Waals surface area contributed by atoms with Crippen molar-refractivity contribution in [2.45, 2.75) is 44.1 Å². The third-order valence-electron chi connectivity index (χ3n) is 4.97. The van der Waals surface area contributed by atoms with Crippen molar-refractivity contribution in [3.05, 3.63) is 82.0 Å². The molecule has 0 aliphatic heterocycles. The van der Waals surface area contributed by atoms with Crippen LogP contribution in [0.1, 0.15) is 52.7 Å². The van der Waals surface area contributed by atoms with Crippen molar-refractivity contribution in [3.63, 3.8) is 0 Å². The lowest BCUT2D eigenvalue weighted by Crippen LogP contribution is -2.32. The van der Waals surface area contributed by atoms with Gasteiger partial charge in [0.25, 0.3) is 5.91 Å². The molecule has 0 radical (unpaired) electrons. The van der Waals surface area contributed by atoms with E-state index >= 15 is 0 Å². The minimum atomic E-state index is -3.57. The summed E-state index contributed by atoms with van der Waals surface area (Å²) in [7, 11) is -3.57. The molecule has 4 nitrogen and oxygen atoms in total. The van der Waals surface area contributed by atoms with E-state index in [4.69, 9.17) is 0 Å². The highest BCUT2D eigenvalue weighted by Crippen LogP contribution is 2.25. The number of sulfonamides is 1. The molecule has 1 amide bonds. The largest absolute Gasteiger partial charge is 0.274 e. The zero-order chi connectivity index (χ0) is 22.8. The van der Waals surface area contributed by atoms with Gasteiger partial charge >= 0.3 is 0 Å². The number of unbranched alkanes of at least 4 members (excludes halogenated alkanes) is 3. The number of amides is 1. The van der Waals surface area contributed by atoms with Crippen molar-refractivity contribution in [1.82, 2.24) is 4.72 Å². The Labute approximate surface area is 199 Å². The molecule has 2 aromatic carbocycles. The molecule has 0 atom stereocenters. The standard InChI is InChI=1S/C25H29NO3S3/c1-2-3-4-8-17-32(28,29)26-25(27)24-16-15-23(31-24)19-30-18-20-11-13-22(14-12-20)21-9-6-5-7-10-21/h5-7,9-16H,2-4,8,17-19H2,1H3,(H,26,27). The number of nitrogens with one attached hydrogen (secondary N) is 1. The normalized spacial score (nSPS) is 11.4. The fraction of sp³-hybridized carbons (Fsp3) is 0.320. The van der Waals surface area contributed by atoms with Gasteiger partial charge < -0.3 is 0 Å². The zero-order valence-electron chi connectivity index (χ0n) is 18.3. The Morgan fingerprint density at radius 2 is 1.59 bits per heavy atom. The molecule has 0 unspecified atom stereocenters. The first kappa shape index (κ1) is 24.6. The van der Waals surface area contributed by atoms with Crippen molar-refractivity contribution in [1.29, 1.82) is 0 Å². The molecule has 3 rings (SSSR count). The molecule has 0 aliphatic rings. The van der Waals surface area contributed by atoms with E-state index in [-0.39, 0.29) is 5.75 Å². The third-order valence-corrected chi connectivity index (χ3v) is 8.62. The number of hydrogen-bond donors (Lipinski definition) is 1. The van der Waals surface area contributed by atoms with Crippen LogP contribution in [0.15, 0.2) is 66.7 Å². The Hall–Kier alpha value is -2.09. The predicted octanol–water partition coefficient (Wildman–Crippen LogP) is 6.49. The second-order valence-corrected chi connectivity index (χ2v) is 11.6. The number of carbonyl (C=O) groups excluding carboxylic acids is 1. The van der Waals surface area contributed by atoms with Crippen molar-refractivity contribution < 1.29 is 13.2 Å². The Balaban J connectivity index is 1.45. The van der Waals surface area contributed by atoms with Crippen molar-refractivity contribution in [3.8, 4) is 11.1 Å². The first-order valence-corrected chi connectivity index (χ1v) is 14.4. The van der Waals surface area contributed by atoms with E-state index in [2.05, 4.69) is 48.0 Å². The molecule has 32 heavy (non-hydrogen) atoms. The van der Waals surface area contributed by atoms with Crippen molar-refractivity contribution in [2.24, 2.45) is 0 Å². The Kier molecular flexibility index (Phi) is 9.38. The van der Waals surface area contributed by atoms with E-state index < -0.39 is 15.9 Å². The molecule has 3 aromatic rings. The summed E-state index contributed by atoms with van der Waals surface area (Å²) >= 11 is 3.13. The number of hydrogen-bond acceptors (Lipinski definition) is 5. The summed E-state index contributed by atoms with van der Waals surface area (Å²) in [6, 6.07) is 22.5. The highest BCUT2D eigenvalue weighted by atomic mass is 32.2. The fourth-order valence-corrected chi connectivity index (χ4v) is 6.39. The summed E-state index contributed by atoms with van der Waals surface area (Å²) < 4.78 is 26.4. The summed E-state index contributed by atoms with van der Waals surface area (Å²) in [6.07, 6.45) is 3.49. The third kappa shape index (κ3) is 7.80. The molecular formula is C25H29NO3S3. The topological polar surface area (TPSA) is 63.2 Å². The van der Waals surface area contributed by atoms with Gasteiger partial charge in [0.05, 0.1) is 10.6 Å². The molecule has 7 heteroatoms. The number of benzene rings is 2. The van der Waals surface area contributed by atoms with Crippen LogP contribution in [0.25, 0.3) is 11.1 Å². The second-order valence-electron chi connectivity index (χ2n) is 7.63. The summed E-state index contributed by atoms with van der Waals surface area (Å²) in [4.78, 5) is 13.8. The first-order chi connectivity index (χ1) is 15.5. The van der Waals surface area contributed by atoms with Crippen molar-refractivity contribution in [2.75, 3.05) is 5.75 Å². The Bertz CT molecular complexity index is 1090. The maximum Gasteiger partial charge on any atom is 0.274 e. The highest BCUT2D eigenvalue weighted by molar-refractivity contribution is 7.97. The molecule has 1 heterocycles. The van der Waals surface area contributed by atoms with Gasteiger partial charge in [0.1, 0.15) is 0 Å². The van der Waals surface area contributed by atoms with Gasteiger partial charge in [-0.1, -0.05) is 80.8 Å². The predicted molar refractivity (Wildman–Crippen MR) is 137 cm³/mol. The van der Waals surface area contributed by atoms with Gasteiger partial charge in [-0.2, -0.15) is 11.8 Å². The number of thiophene rings is 1. The minimum Gasteiger partial charge on any atom is -0.267 e. The summed E-state index contributed by atoms with van der Waals surface area (Å²) in [6.45, 7) is 2.07. The molecule has 0 fully saturated rings. The molecule has 170 valence electrons. The summed E-state index contributed by atoms with van der Waals surface area (Å²) in [5.41, 5.74) is 3.66. The number of rotatable bonds is 12. The van der Waals surface area contributed by atoms with Crippen LogP contribution < -0.4 is 4.72 Å². The van der Waals surface area contributed by atoms with Crippen LogP contribution in [0.4, 0.5) is 0 Å². The maximum atomic E-state index is 12.3. The van der Waals surface area contributed by atoms with Gasteiger partial charge in [-0.25, -0.2) is 13.1 Å². The molecule has 1 N–H and O–H groups in total. The van der Waals surface area contributed by atoms with Crippen molar-refractivity contribution >= 4 is 39.0 Å². The highest BCUT2D eigenvalue weighted by Gasteiger charge is 2.17. The molecule has 1 aromatic heterocycles. The second kappa shape index (κ2) is 12.2. The monoisotopic (exact) mass is 487 g/mol. The number of thioether (sulfide) groups is 1. The van der Waals surface area contributed by atoms with E-state index in [1.807, 2.05) is 24.3 Å². The molecule has 0 saturated heterocycles. The van der Waals surface area contributed by atoms with Gasteiger partial charge in [0.2, 0.25) is 10.0 Å². The smallest absolute Gasteiger partial charge is 0.267 e. The van der Waals surface area contributed by atoms with E-state index in [1.165, 1.54) is 28.0 Å². The average Bonchev–Trinajstić information content (AvgIpc) is 3.27. The Morgan fingerprint density at radius 3 is 2.31 bits per heavy atom. The van der Waals surface area contributed by atoms with Crippen LogP contribution in [0.3, 0.4) is 0 Å². The average molecular weight is 488 g/mol. The fourth-order valence-electron chi connectivity index (χ4n) is 3.23. The molecule has 0 spiro atoms. The van der Waals surface area contributed by atoms with Gasteiger partial charge in [-0.15, -0.1) is 11.3 Å². The van der Waals surface area contributed by atoms with Gasteiger partial charge in [0.15, 0.2) is 0 Å². The molecule has 0 saturated carbocycles. The molecule has 0 aliphatic carbocycles. The van der Waals surface area contributed by atoms with E-state index in [0.29, 0.717) is 11.3 Å². The number of carbonyl (C=O) groups is 1. The summed E-state index contributed by atoms with van der Waals surface area (Å²) in [5.74, 6) is 1.12. The summed E-state index contributed by atoms with van der Waals surface area (Å²) in [5, 5.41) is 0. The first-order valence-electron chi connectivity index (χ1n) is 10.8. The molecule has 0 bridgehead atoms. The Morgan fingerprint density at radius 1 is 0.875 bits per heavy atom. The van der Waals surface area contributed by atoms with E-state index in [0.717, 1.165) is 35.6 Å². The lowest BCUT2D eigenvalue weighted by Gasteiger charge is -2.05. The van der Waals surface area contributed by atoms with Crippen LogP contribution in [0, 0.1) is 0 Å². The van der Waals surface area contributed by atoms with E-state index in [9.17, 15) is 13.2 Å². The maximum absolute atomic E-state index is 12.3. The van der Waals surface area contributed by atoms with Gasteiger partial charge in [0, 0.05) is 16.4 Å². The molecular weight excluding hydrogens is 458 g/mol. The lowest BCUT2D eigenvalue weighted by molar-refractivity contribution is 0.0985. The van der Waals surface area contributed by atoms with Crippen LogP contribution in [-0.2, 0) is 21.5 Å². The van der Waals surface area contributed by atoms with Crippen LogP contribution >= 0.6 is 23.1 Å². The van der Waals surface area contributed by atoms with Gasteiger partial charge in [-0.3, -0.25) is 4.79 Å². The quantitative estimate of drug-likeness (QED) is 0.297. The van der Waals surface area contributed by atoms with E-state index in [1.54, 1.807) is 17.8 Å². The van der Waals surface area contributed by atoms with Crippen LogP contribution in [0.5, 0.6) is 0 Å².